The van der Waals surface area contributed by atoms with Crippen molar-refractivity contribution in [3.63, 3.8) is 0 Å². The fraction of sp³-hybridized carbons (Fsp3) is 0.0833. The van der Waals surface area contributed by atoms with E-state index < -0.39 is 0 Å². The molecule has 7 nitrogen and oxygen atoms in total. The number of amidine groups is 1. The Labute approximate surface area is 180 Å². The third kappa shape index (κ3) is 5.02. The Hall–Kier alpha value is -4.26. The van der Waals surface area contributed by atoms with E-state index in [0.717, 1.165) is 39.2 Å². The summed E-state index contributed by atoms with van der Waals surface area (Å²) in [6, 6.07) is 21.4. The van der Waals surface area contributed by atoms with Gasteiger partial charge in [-0.2, -0.15) is 5.10 Å². The monoisotopic (exact) mass is 410 g/mol. The number of aryl methyl sites for hydroxylation is 1. The number of fused-ring (bicyclic) bond motifs is 1. The Bertz CT molecular complexity index is 1260. The molecule has 0 bridgehead atoms. The summed E-state index contributed by atoms with van der Waals surface area (Å²) in [6.07, 6.45) is 3.19. The van der Waals surface area contributed by atoms with Gasteiger partial charge in [0.05, 0.1) is 11.7 Å². The molecule has 3 aromatic carbocycles. The molecule has 1 aromatic heterocycles. The molecule has 31 heavy (non-hydrogen) atoms. The van der Waals surface area contributed by atoms with E-state index in [2.05, 4.69) is 25.5 Å². The highest BCUT2D eigenvalue weighted by Crippen LogP contribution is 2.29. The van der Waals surface area contributed by atoms with Crippen LogP contribution in [0.4, 0.5) is 11.5 Å². The SMILES string of the molecule is CC(N)=NN=Cc1ccc2ncnc(Nc3ccc(Oc4ccccc4)c(C)c3)c2c1. The Kier molecular flexibility index (Phi) is 5.84. The largest absolute Gasteiger partial charge is 0.457 e. The van der Waals surface area contributed by atoms with Crippen molar-refractivity contribution in [2.75, 3.05) is 5.32 Å². The second-order valence-corrected chi connectivity index (χ2v) is 7.01. The molecule has 0 radical (unpaired) electrons. The van der Waals surface area contributed by atoms with E-state index in [4.69, 9.17) is 10.5 Å². The zero-order valence-electron chi connectivity index (χ0n) is 17.3. The minimum Gasteiger partial charge on any atom is -0.457 e. The molecule has 0 amide bonds. The van der Waals surface area contributed by atoms with Crippen LogP contribution < -0.4 is 15.8 Å². The van der Waals surface area contributed by atoms with Gasteiger partial charge in [0.25, 0.3) is 0 Å². The van der Waals surface area contributed by atoms with Crippen molar-refractivity contribution in [1.82, 2.24) is 9.97 Å². The number of ether oxygens (including phenoxy) is 1. The molecule has 154 valence electrons. The third-order valence-corrected chi connectivity index (χ3v) is 4.49. The van der Waals surface area contributed by atoms with Gasteiger partial charge >= 0.3 is 0 Å². The first-order valence-corrected chi connectivity index (χ1v) is 9.77. The second kappa shape index (κ2) is 9.04. The number of benzene rings is 3. The van der Waals surface area contributed by atoms with Crippen molar-refractivity contribution in [3.8, 4) is 11.5 Å². The van der Waals surface area contributed by atoms with Crippen molar-refractivity contribution in [1.29, 1.82) is 0 Å². The number of nitrogens with two attached hydrogens (primary N) is 1. The number of aromatic nitrogens is 2. The summed E-state index contributed by atoms with van der Waals surface area (Å²) in [4.78, 5) is 8.77. The van der Waals surface area contributed by atoms with Gasteiger partial charge in [0.2, 0.25) is 0 Å². The fourth-order valence-electron chi connectivity index (χ4n) is 3.03. The number of hydrogen-bond donors (Lipinski definition) is 2. The average Bonchev–Trinajstić information content (AvgIpc) is 2.76. The molecule has 0 atom stereocenters. The van der Waals surface area contributed by atoms with E-state index in [9.17, 15) is 0 Å². The van der Waals surface area contributed by atoms with Gasteiger partial charge in [-0.05, 0) is 67.4 Å². The maximum absolute atomic E-state index is 5.97. The van der Waals surface area contributed by atoms with Crippen molar-refractivity contribution in [3.05, 3.63) is 84.2 Å². The molecule has 4 aromatic rings. The molecule has 3 N–H and O–H groups in total. The summed E-state index contributed by atoms with van der Waals surface area (Å²) in [6.45, 7) is 3.70. The zero-order chi connectivity index (χ0) is 21.6. The van der Waals surface area contributed by atoms with E-state index in [-0.39, 0.29) is 0 Å². The van der Waals surface area contributed by atoms with E-state index in [0.29, 0.717) is 11.7 Å². The molecule has 0 unspecified atom stereocenters. The Balaban J connectivity index is 1.59. The first-order valence-electron chi connectivity index (χ1n) is 9.77. The van der Waals surface area contributed by atoms with E-state index in [1.54, 1.807) is 19.5 Å². The summed E-state index contributed by atoms with van der Waals surface area (Å²) in [7, 11) is 0. The minimum atomic E-state index is 0.401. The van der Waals surface area contributed by atoms with Crippen LogP contribution in [0.1, 0.15) is 18.1 Å². The predicted molar refractivity (Wildman–Crippen MR) is 125 cm³/mol. The van der Waals surface area contributed by atoms with Crippen LogP contribution in [0.3, 0.4) is 0 Å². The molecule has 0 aliphatic rings. The molecular formula is C24H22N6O. The van der Waals surface area contributed by atoms with Crippen LogP contribution >= 0.6 is 0 Å². The summed E-state index contributed by atoms with van der Waals surface area (Å²) >= 11 is 0. The number of hydrogen-bond acceptors (Lipinski definition) is 6. The third-order valence-electron chi connectivity index (χ3n) is 4.49. The van der Waals surface area contributed by atoms with E-state index >= 15 is 0 Å². The van der Waals surface area contributed by atoms with Crippen LogP contribution in [-0.4, -0.2) is 22.0 Å². The number of rotatable bonds is 6. The second-order valence-electron chi connectivity index (χ2n) is 7.01. The van der Waals surface area contributed by atoms with Gasteiger partial charge in [-0.3, -0.25) is 0 Å². The first kappa shape index (κ1) is 20.0. The lowest BCUT2D eigenvalue weighted by atomic mass is 10.1. The quantitative estimate of drug-likeness (QED) is 0.259. The minimum absolute atomic E-state index is 0.401. The van der Waals surface area contributed by atoms with E-state index in [1.165, 1.54) is 0 Å². The molecule has 0 aliphatic heterocycles. The van der Waals surface area contributed by atoms with Crippen LogP contribution in [0.2, 0.25) is 0 Å². The van der Waals surface area contributed by atoms with Crippen molar-refractivity contribution < 1.29 is 4.74 Å². The molecule has 0 fully saturated rings. The van der Waals surface area contributed by atoms with Crippen LogP contribution in [0.25, 0.3) is 10.9 Å². The molecule has 0 saturated carbocycles. The van der Waals surface area contributed by atoms with Gasteiger partial charge in [0.1, 0.15) is 29.5 Å². The molecule has 0 saturated heterocycles. The van der Waals surface area contributed by atoms with Crippen molar-refractivity contribution >= 4 is 34.5 Å². The summed E-state index contributed by atoms with van der Waals surface area (Å²) in [5.74, 6) is 2.71. The summed E-state index contributed by atoms with van der Waals surface area (Å²) < 4.78 is 5.97. The lowest BCUT2D eigenvalue weighted by Crippen LogP contribution is -2.03. The lowest BCUT2D eigenvalue weighted by molar-refractivity contribution is 0.479. The van der Waals surface area contributed by atoms with Crippen molar-refractivity contribution in [2.45, 2.75) is 13.8 Å². The summed E-state index contributed by atoms with van der Waals surface area (Å²) in [5.41, 5.74) is 9.13. The Morgan fingerprint density at radius 1 is 1.03 bits per heavy atom. The predicted octanol–water partition coefficient (Wildman–Crippen LogP) is 5.19. The van der Waals surface area contributed by atoms with Crippen LogP contribution in [0.15, 0.2) is 83.3 Å². The Morgan fingerprint density at radius 2 is 1.87 bits per heavy atom. The molecular weight excluding hydrogens is 388 g/mol. The first-order chi connectivity index (χ1) is 15.1. The molecule has 0 spiro atoms. The highest BCUT2D eigenvalue weighted by atomic mass is 16.5. The fourth-order valence-corrected chi connectivity index (χ4v) is 3.03. The molecule has 4 rings (SSSR count). The van der Waals surface area contributed by atoms with Gasteiger partial charge in [-0.1, -0.05) is 24.3 Å². The van der Waals surface area contributed by atoms with Gasteiger partial charge in [-0.25, -0.2) is 9.97 Å². The van der Waals surface area contributed by atoms with Gasteiger partial charge in [0, 0.05) is 11.1 Å². The number of anilines is 2. The molecule has 7 heteroatoms. The van der Waals surface area contributed by atoms with Crippen LogP contribution in [-0.2, 0) is 0 Å². The highest BCUT2D eigenvalue weighted by molar-refractivity contribution is 5.95. The topological polar surface area (TPSA) is 97.8 Å². The normalized spacial score (nSPS) is 11.7. The number of nitrogens with zero attached hydrogens (tertiary/aromatic N) is 4. The highest BCUT2D eigenvalue weighted by Gasteiger charge is 2.07. The molecule has 1 heterocycles. The van der Waals surface area contributed by atoms with Gasteiger partial charge in [-0.15, -0.1) is 5.10 Å². The van der Waals surface area contributed by atoms with Crippen LogP contribution in [0, 0.1) is 6.92 Å². The van der Waals surface area contributed by atoms with E-state index in [1.807, 2.05) is 73.7 Å². The van der Waals surface area contributed by atoms with Crippen LogP contribution in [0.5, 0.6) is 11.5 Å². The molecule has 0 aliphatic carbocycles. The summed E-state index contributed by atoms with van der Waals surface area (Å²) in [5, 5.41) is 12.1. The average molecular weight is 410 g/mol. The smallest absolute Gasteiger partial charge is 0.141 e. The number of nitrogens with one attached hydrogen (secondary N) is 1. The van der Waals surface area contributed by atoms with Gasteiger partial charge in [0.15, 0.2) is 0 Å². The maximum atomic E-state index is 5.97. The maximum Gasteiger partial charge on any atom is 0.141 e. The Morgan fingerprint density at radius 3 is 2.65 bits per heavy atom. The lowest BCUT2D eigenvalue weighted by Gasteiger charge is -2.12. The van der Waals surface area contributed by atoms with Crippen molar-refractivity contribution in [2.24, 2.45) is 15.9 Å². The number of para-hydroxylation sites is 1. The standard InChI is InChI=1S/C24H22N6O/c1-16-12-19(9-11-23(16)31-20-6-4-3-5-7-20)29-24-21-13-18(14-28-30-17(2)25)8-10-22(21)26-15-27-24/h3-15H,1-2H3,(H2,25,30)(H,26,27,29). The van der Waals surface area contributed by atoms with Gasteiger partial charge < -0.3 is 15.8 Å². The zero-order valence-corrected chi connectivity index (χ0v) is 17.3.